The third kappa shape index (κ3) is 3.68. The highest BCUT2D eigenvalue weighted by molar-refractivity contribution is 5.82. The molecule has 4 heteroatoms. The molecule has 2 unspecified atom stereocenters. The van der Waals surface area contributed by atoms with Crippen LogP contribution >= 0.6 is 0 Å². The maximum Gasteiger partial charge on any atom is 0.226 e. The van der Waals surface area contributed by atoms with Crippen molar-refractivity contribution in [2.24, 2.45) is 11.3 Å². The number of carbonyl (C=O) groups is 1. The van der Waals surface area contributed by atoms with Crippen LogP contribution in [0.5, 0.6) is 0 Å². The lowest BCUT2D eigenvalue weighted by Gasteiger charge is -2.36. The molecule has 1 rings (SSSR count). The molecule has 0 spiro atoms. The second-order valence-corrected chi connectivity index (χ2v) is 5.53. The number of rotatable bonds is 5. The quantitative estimate of drug-likeness (QED) is 0.671. The second-order valence-electron chi connectivity index (χ2n) is 5.53. The third-order valence-corrected chi connectivity index (χ3v) is 3.95. The summed E-state index contributed by atoms with van der Waals surface area (Å²) >= 11 is 0. The van der Waals surface area contributed by atoms with E-state index in [2.05, 4.69) is 10.6 Å². The number of carbonyl (C=O) groups excluding carboxylic acids is 1. The van der Waals surface area contributed by atoms with Crippen LogP contribution in [0, 0.1) is 11.3 Å². The Bertz CT molecular complexity index is 244. The summed E-state index contributed by atoms with van der Waals surface area (Å²) in [4.78, 5) is 12.2. The first kappa shape index (κ1) is 14.5. The molecule has 0 aromatic carbocycles. The van der Waals surface area contributed by atoms with Gasteiger partial charge in [0.1, 0.15) is 0 Å². The van der Waals surface area contributed by atoms with Crippen LogP contribution in [-0.2, 0) is 4.79 Å². The van der Waals surface area contributed by atoms with Gasteiger partial charge in [-0.25, -0.2) is 0 Å². The minimum Gasteiger partial charge on any atom is -0.394 e. The molecule has 0 saturated carbocycles. The molecule has 17 heavy (non-hydrogen) atoms. The number of piperidine rings is 1. The number of aliphatic hydroxyl groups excluding tert-OH is 1. The topological polar surface area (TPSA) is 61.4 Å². The minimum atomic E-state index is -0.365. The van der Waals surface area contributed by atoms with E-state index < -0.39 is 0 Å². The Balaban J connectivity index is 2.58. The second kappa shape index (κ2) is 6.36. The molecule has 0 aromatic heterocycles. The maximum absolute atomic E-state index is 12.2. The Morgan fingerprint density at radius 1 is 1.59 bits per heavy atom. The predicted molar refractivity (Wildman–Crippen MR) is 68.7 cm³/mol. The van der Waals surface area contributed by atoms with Crippen LogP contribution < -0.4 is 10.6 Å². The SMILES string of the molecule is CCC(CO)NC(=O)C(C)(C)C1CCCNC1. The number of hydrogen-bond acceptors (Lipinski definition) is 3. The number of amides is 1. The van der Waals surface area contributed by atoms with Crippen LogP contribution in [0.1, 0.15) is 40.0 Å². The molecule has 1 fully saturated rings. The van der Waals surface area contributed by atoms with E-state index in [4.69, 9.17) is 5.11 Å². The molecule has 3 N–H and O–H groups in total. The Hall–Kier alpha value is -0.610. The minimum absolute atomic E-state index is 0.0151. The van der Waals surface area contributed by atoms with E-state index in [1.54, 1.807) is 0 Å². The zero-order valence-corrected chi connectivity index (χ0v) is 11.3. The van der Waals surface area contributed by atoms with E-state index in [-0.39, 0.29) is 24.0 Å². The molecule has 100 valence electrons. The zero-order chi connectivity index (χ0) is 12.9. The van der Waals surface area contributed by atoms with E-state index in [0.29, 0.717) is 5.92 Å². The van der Waals surface area contributed by atoms with Gasteiger partial charge in [-0.15, -0.1) is 0 Å². The summed E-state index contributed by atoms with van der Waals surface area (Å²) in [6.45, 7) is 7.96. The van der Waals surface area contributed by atoms with Gasteiger partial charge in [-0.3, -0.25) is 4.79 Å². The first-order chi connectivity index (χ1) is 8.02. The third-order valence-electron chi connectivity index (χ3n) is 3.95. The van der Waals surface area contributed by atoms with Gasteiger partial charge in [0.25, 0.3) is 0 Å². The van der Waals surface area contributed by atoms with Gasteiger partial charge >= 0.3 is 0 Å². The van der Waals surface area contributed by atoms with Crippen molar-refractivity contribution >= 4 is 5.91 Å². The molecule has 2 atom stereocenters. The van der Waals surface area contributed by atoms with Gasteiger partial charge in [0.05, 0.1) is 12.6 Å². The van der Waals surface area contributed by atoms with Crippen LogP contribution in [0.3, 0.4) is 0 Å². The average Bonchev–Trinajstić information content (AvgIpc) is 2.36. The fourth-order valence-electron chi connectivity index (χ4n) is 2.30. The molecule has 0 aromatic rings. The van der Waals surface area contributed by atoms with Gasteiger partial charge in [-0.05, 0) is 38.3 Å². The van der Waals surface area contributed by atoms with Crippen molar-refractivity contribution in [3.8, 4) is 0 Å². The molecule has 1 aliphatic heterocycles. The van der Waals surface area contributed by atoms with Crippen LogP contribution in [0.25, 0.3) is 0 Å². The van der Waals surface area contributed by atoms with Crippen molar-refractivity contribution in [1.82, 2.24) is 10.6 Å². The molecular weight excluding hydrogens is 216 g/mol. The Morgan fingerprint density at radius 2 is 2.29 bits per heavy atom. The maximum atomic E-state index is 12.2. The molecule has 0 bridgehead atoms. The Kier molecular flexibility index (Phi) is 5.40. The summed E-state index contributed by atoms with van der Waals surface area (Å²) in [5, 5.41) is 15.4. The summed E-state index contributed by atoms with van der Waals surface area (Å²) in [5.41, 5.74) is -0.365. The van der Waals surface area contributed by atoms with Crippen molar-refractivity contribution in [3.63, 3.8) is 0 Å². The fourth-order valence-corrected chi connectivity index (χ4v) is 2.30. The fraction of sp³-hybridized carbons (Fsp3) is 0.923. The lowest BCUT2D eigenvalue weighted by Crippen LogP contribution is -2.50. The zero-order valence-electron chi connectivity index (χ0n) is 11.3. The molecule has 1 saturated heterocycles. The Labute approximate surface area is 104 Å². The van der Waals surface area contributed by atoms with E-state index in [1.807, 2.05) is 20.8 Å². The van der Waals surface area contributed by atoms with Gasteiger partial charge in [0, 0.05) is 5.41 Å². The highest BCUT2D eigenvalue weighted by Crippen LogP contribution is 2.32. The van der Waals surface area contributed by atoms with Crippen molar-refractivity contribution < 1.29 is 9.90 Å². The molecule has 1 amide bonds. The van der Waals surface area contributed by atoms with Gasteiger partial charge in [0.15, 0.2) is 0 Å². The van der Waals surface area contributed by atoms with Crippen molar-refractivity contribution in [2.45, 2.75) is 46.1 Å². The van der Waals surface area contributed by atoms with Gasteiger partial charge < -0.3 is 15.7 Å². The average molecular weight is 242 g/mol. The normalized spacial score (nSPS) is 23.2. The summed E-state index contributed by atoms with van der Waals surface area (Å²) in [6.07, 6.45) is 3.00. The van der Waals surface area contributed by atoms with E-state index in [0.717, 1.165) is 32.4 Å². The van der Waals surface area contributed by atoms with Crippen LogP contribution in [0.2, 0.25) is 0 Å². The summed E-state index contributed by atoms with van der Waals surface area (Å²) in [6, 6.07) is -0.113. The molecular formula is C13H26N2O2. The Morgan fingerprint density at radius 3 is 2.76 bits per heavy atom. The van der Waals surface area contributed by atoms with E-state index in [9.17, 15) is 4.79 Å². The van der Waals surface area contributed by atoms with Crippen LogP contribution in [-0.4, -0.2) is 36.8 Å². The highest BCUT2D eigenvalue weighted by Gasteiger charge is 2.37. The lowest BCUT2D eigenvalue weighted by atomic mass is 9.74. The smallest absolute Gasteiger partial charge is 0.226 e. The number of nitrogens with one attached hydrogen (secondary N) is 2. The highest BCUT2D eigenvalue weighted by atomic mass is 16.3. The van der Waals surface area contributed by atoms with E-state index >= 15 is 0 Å². The first-order valence-corrected chi connectivity index (χ1v) is 6.64. The molecule has 0 aliphatic carbocycles. The molecule has 4 nitrogen and oxygen atoms in total. The monoisotopic (exact) mass is 242 g/mol. The van der Waals surface area contributed by atoms with Crippen molar-refractivity contribution in [1.29, 1.82) is 0 Å². The molecule has 0 radical (unpaired) electrons. The summed E-state index contributed by atoms with van der Waals surface area (Å²) < 4.78 is 0. The number of aliphatic hydroxyl groups is 1. The summed E-state index contributed by atoms with van der Waals surface area (Å²) in [5.74, 6) is 0.444. The molecule has 1 heterocycles. The van der Waals surface area contributed by atoms with Gasteiger partial charge in [-0.2, -0.15) is 0 Å². The largest absolute Gasteiger partial charge is 0.394 e. The van der Waals surface area contributed by atoms with Crippen molar-refractivity contribution in [2.75, 3.05) is 19.7 Å². The van der Waals surface area contributed by atoms with Crippen molar-refractivity contribution in [3.05, 3.63) is 0 Å². The number of hydrogen-bond donors (Lipinski definition) is 3. The molecule has 1 aliphatic rings. The van der Waals surface area contributed by atoms with Crippen LogP contribution in [0.4, 0.5) is 0 Å². The van der Waals surface area contributed by atoms with Gasteiger partial charge in [0.2, 0.25) is 5.91 Å². The van der Waals surface area contributed by atoms with Crippen LogP contribution in [0.15, 0.2) is 0 Å². The standard InChI is InChI=1S/C13H26N2O2/c1-4-11(9-16)15-12(17)13(2,3)10-6-5-7-14-8-10/h10-11,14,16H,4-9H2,1-3H3,(H,15,17). The lowest BCUT2D eigenvalue weighted by molar-refractivity contribution is -0.133. The predicted octanol–water partition coefficient (Wildman–Crippen LogP) is 0.899. The van der Waals surface area contributed by atoms with E-state index in [1.165, 1.54) is 0 Å². The first-order valence-electron chi connectivity index (χ1n) is 6.64. The van der Waals surface area contributed by atoms with Gasteiger partial charge in [-0.1, -0.05) is 20.8 Å². The summed E-state index contributed by atoms with van der Waals surface area (Å²) in [7, 11) is 0.